The van der Waals surface area contributed by atoms with E-state index >= 15 is 0 Å². The Kier molecular flexibility index (Phi) is 2.12. The van der Waals surface area contributed by atoms with Gasteiger partial charge in [-0.2, -0.15) is 0 Å². The van der Waals surface area contributed by atoms with Crippen molar-refractivity contribution in [1.82, 2.24) is 9.97 Å². The predicted molar refractivity (Wildman–Crippen MR) is 58.2 cm³/mol. The average Bonchev–Trinajstić information content (AvgIpc) is 2.45. The molecule has 0 amide bonds. The molecule has 2 aromatic rings. The van der Waals surface area contributed by atoms with Crippen molar-refractivity contribution in [3.63, 3.8) is 0 Å². The van der Waals surface area contributed by atoms with Gasteiger partial charge in [0.25, 0.3) is 0 Å². The molecule has 0 saturated carbocycles. The fraction of sp³-hybridized carbons (Fsp3) is 0.250. The Morgan fingerprint density at radius 1 is 1.14 bits per heavy atom. The summed E-state index contributed by atoms with van der Waals surface area (Å²) >= 11 is 0. The number of hydrogen-bond donors (Lipinski definition) is 1. The molecule has 0 spiro atoms. The second-order valence-electron chi connectivity index (χ2n) is 3.71. The van der Waals surface area contributed by atoms with Crippen LogP contribution in [0, 0.1) is 20.8 Å². The van der Waals surface area contributed by atoms with Gasteiger partial charge in [0.05, 0.1) is 5.69 Å². The Morgan fingerprint density at radius 3 is 2.50 bits per heavy atom. The third-order valence-corrected chi connectivity index (χ3v) is 2.34. The van der Waals surface area contributed by atoms with Crippen molar-refractivity contribution < 1.29 is 0 Å². The molecule has 2 heteroatoms. The van der Waals surface area contributed by atoms with Crippen LogP contribution in [-0.4, -0.2) is 9.97 Å². The van der Waals surface area contributed by atoms with E-state index in [1.165, 1.54) is 22.5 Å². The normalized spacial score (nSPS) is 10.5. The van der Waals surface area contributed by atoms with E-state index < -0.39 is 0 Å². The van der Waals surface area contributed by atoms with Crippen molar-refractivity contribution in [2.24, 2.45) is 0 Å². The van der Waals surface area contributed by atoms with E-state index in [2.05, 4.69) is 42.9 Å². The lowest BCUT2D eigenvalue weighted by Gasteiger charge is -1.99. The van der Waals surface area contributed by atoms with E-state index in [1.54, 1.807) is 0 Å². The van der Waals surface area contributed by atoms with Crippen LogP contribution in [0.5, 0.6) is 0 Å². The molecule has 0 aliphatic carbocycles. The zero-order chi connectivity index (χ0) is 10.1. The van der Waals surface area contributed by atoms with Crippen molar-refractivity contribution in [2.45, 2.75) is 20.8 Å². The highest BCUT2D eigenvalue weighted by molar-refractivity contribution is 5.63. The summed E-state index contributed by atoms with van der Waals surface area (Å²) in [6.45, 7) is 6.22. The van der Waals surface area contributed by atoms with E-state index in [0.29, 0.717) is 0 Å². The average molecular weight is 186 g/mol. The standard InChI is InChI=1S/C12H14N2/c1-8-4-5-13-12(6-8)11-7-9(2)14-10(11)3/h4-7,14H,1-3H3. The highest BCUT2D eigenvalue weighted by atomic mass is 14.7. The quantitative estimate of drug-likeness (QED) is 0.728. The molecule has 0 bridgehead atoms. The molecule has 0 saturated heterocycles. The van der Waals surface area contributed by atoms with Crippen LogP contribution in [0.2, 0.25) is 0 Å². The van der Waals surface area contributed by atoms with Crippen LogP contribution in [0.15, 0.2) is 24.4 Å². The lowest BCUT2D eigenvalue weighted by molar-refractivity contribution is 1.18. The topological polar surface area (TPSA) is 28.7 Å². The van der Waals surface area contributed by atoms with Crippen LogP contribution in [0.25, 0.3) is 11.3 Å². The van der Waals surface area contributed by atoms with Crippen molar-refractivity contribution in [1.29, 1.82) is 0 Å². The van der Waals surface area contributed by atoms with Gasteiger partial charge in [-0.3, -0.25) is 4.98 Å². The molecule has 2 nitrogen and oxygen atoms in total. The number of aromatic amines is 1. The van der Waals surface area contributed by atoms with Crippen LogP contribution in [0.1, 0.15) is 17.0 Å². The van der Waals surface area contributed by atoms with E-state index in [9.17, 15) is 0 Å². The number of nitrogens with one attached hydrogen (secondary N) is 1. The molecule has 0 fully saturated rings. The molecule has 0 aliphatic rings. The predicted octanol–water partition coefficient (Wildman–Crippen LogP) is 3.00. The molecule has 0 unspecified atom stereocenters. The molecule has 2 heterocycles. The molecule has 0 radical (unpaired) electrons. The van der Waals surface area contributed by atoms with Crippen molar-refractivity contribution in [3.05, 3.63) is 41.3 Å². The largest absolute Gasteiger partial charge is 0.362 e. The van der Waals surface area contributed by atoms with Gasteiger partial charge in [-0.1, -0.05) is 0 Å². The Morgan fingerprint density at radius 2 is 1.93 bits per heavy atom. The maximum absolute atomic E-state index is 4.36. The van der Waals surface area contributed by atoms with Gasteiger partial charge in [0.15, 0.2) is 0 Å². The Balaban J connectivity index is 2.54. The molecule has 2 aromatic heterocycles. The van der Waals surface area contributed by atoms with E-state index in [0.717, 1.165) is 5.69 Å². The van der Waals surface area contributed by atoms with E-state index in [-0.39, 0.29) is 0 Å². The Bertz CT molecular complexity index is 455. The third-order valence-electron chi connectivity index (χ3n) is 2.34. The lowest BCUT2D eigenvalue weighted by atomic mass is 10.1. The van der Waals surface area contributed by atoms with Crippen LogP contribution < -0.4 is 0 Å². The minimum atomic E-state index is 1.05. The maximum atomic E-state index is 4.36. The summed E-state index contributed by atoms with van der Waals surface area (Å²) in [7, 11) is 0. The zero-order valence-corrected chi connectivity index (χ0v) is 8.76. The van der Waals surface area contributed by atoms with Crippen molar-refractivity contribution in [2.75, 3.05) is 0 Å². The van der Waals surface area contributed by atoms with E-state index in [1.807, 2.05) is 12.3 Å². The minimum absolute atomic E-state index is 1.05. The number of H-pyrrole nitrogens is 1. The fourth-order valence-electron chi connectivity index (χ4n) is 1.67. The summed E-state index contributed by atoms with van der Waals surface area (Å²) in [5, 5.41) is 0. The van der Waals surface area contributed by atoms with E-state index in [4.69, 9.17) is 0 Å². The van der Waals surface area contributed by atoms with Crippen LogP contribution in [-0.2, 0) is 0 Å². The second-order valence-corrected chi connectivity index (χ2v) is 3.71. The van der Waals surface area contributed by atoms with Crippen LogP contribution >= 0.6 is 0 Å². The van der Waals surface area contributed by atoms with Crippen molar-refractivity contribution in [3.8, 4) is 11.3 Å². The lowest BCUT2D eigenvalue weighted by Crippen LogP contribution is -1.84. The molecule has 0 atom stereocenters. The molecule has 0 aromatic carbocycles. The summed E-state index contributed by atoms with van der Waals surface area (Å²) in [6.07, 6.45) is 1.85. The Hall–Kier alpha value is -1.57. The van der Waals surface area contributed by atoms with Gasteiger partial charge in [0.2, 0.25) is 0 Å². The van der Waals surface area contributed by atoms with Crippen LogP contribution in [0.3, 0.4) is 0 Å². The van der Waals surface area contributed by atoms with Gasteiger partial charge in [-0.05, 0) is 44.5 Å². The van der Waals surface area contributed by atoms with Gasteiger partial charge < -0.3 is 4.98 Å². The highest BCUT2D eigenvalue weighted by Gasteiger charge is 2.05. The summed E-state index contributed by atoms with van der Waals surface area (Å²) < 4.78 is 0. The van der Waals surface area contributed by atoms with Crippen LogP contribution in [0.4, 0.5) is 0 Å². The first-order valence-corrected chi connectivity index (χ1v) is 4.76. The van der Waals surface area contributed by atoms with Gasteiger partial charge in [0.1, 0.15) is 0 Å². The number of aromatic nitrogens is 2. The first-order valence-electron chi connectivity index (χ1n) is 4.76. The summed E-state index contributed by atoms with van der Waals surface area (Å²) in [5.41, 5.74) is 5.85. The number of hydrogen-bond acceptors (Lipinski definition) is 1. The highest BCUT2D eigenvalue weighted by Crippen LogP contribution is 2.22. The smallest absolute Gasteiger partial charge is 0.0722 e. The number of aryl methyl sites for hydroxylation is 3. The fourth-order valence-corrected chi connectivity index (χ4v) is 1.67. The summed E-state index contributed by atoms with van der Waals surface area (Å²) in [4.78, 5) is 7.65. The van der Waals surface area contributed by atoms with Gasteiger partial charge >= 0.3 is 0 Å². The maximum Gasteiger partial charge on any atom is 0.0722 e. The molecular formula is C12H14N2. The summed E-state index contributed by atoms with van der Waals surface area (Å²) in [5.74, 6) is 0. The molecule has 1 N–H and O–H groups in total. The molecule has 2 rings (SSSR count). The number of nitrogens with zero attached hydrogens (tertiary/aromatic N) is 1. The SMILES string of the molecule is Cc1ccnc(-c2cc(C)[nH]c2C)c1. The molecule has 0 aliphatic heterocycles. The monoisotopic (exact) mass is 186 g/mol. The van der Waals surface area contributed by atoms with Crippen molar-refractivity contribution >= 4 is 0 Å². The zero-order valence-electron chi connectivity index (χ0n) is 8.76. The number of rotatable bonds is 1. The molecule has 14 heavy (non-hydrogen) atoms. The molecular weight excluding hydrogens is 172 g/mol. The third kappa shape index (κ3) is 1.55. The molecule has 72 valence electrons. The first kappa shape index (κ1) is 9.00. The summed E-state index contributed by atoms with van der Waals surface area (Å²) in [6, 6.07) is 6.26. The Labute approximate surface area is 84.0 Å². The number of pyridine rings is 1. The first-order chi connectivity index (χ1) is 6.66. The van der Waals surface area contributed by atoms with Gasteiger partial charge in [0, 0.05) is 23.1 Å². The minimum Gasteiger partial charge on any atom is -0.362 e. The van der Waals surface area contributed by atoms with Gasteiger partial charge in [-0.25, -0.2) is 0 Å². The second kappa shape index (κ2) is 3.29. The van der Waals surface area contributed by atoms with Gasteiger partial charge in [-0.15, -0.1) is 0 Å².